The minimum Gasteiger partial charge on any atom is -0.482 e. The van der Waals surface area contributed by atoms with Gasteiger partial charge >= 0.3 is 0 Å². The Labute approximate surface area is 161 Å². The van der Waals surface area contributed by atoms with E-state index in [4.69, 9.17) is 44.8 Å². The van der Waals surface area contributed by atoms with Gasteiger partial charge in [-0.25, -0.2) is 0 Å². The maximum atomic E-state index is 12.6. The molecule has 4 nitrogen and oxygen atoms in total. The highest BCUT2D eigenvalue weighted by atomic mass is 35.5. The molecule has 0 spiro atoms. The number of hydrogen-bond donors (Lipinski definition) is 0. The van der Waals surface area contributed by atoms with Crippen molar-refractivity contribution >= 4 is 46.4 Å². The molecule has 2 aromatic carbocycles. The third kappa shape index (κ3) is 5.27. The quantitative estimate of drug-likeness (QED) is 0.623. The van der Waals surface area contributed by atoms with E-state index >= 15 is 0 Å². The first kappa shape index (κ1) is 19.4. The molecule has 0 N–H and O–H groups in total. The predicted molar refractivity (Wildman–Crippen MR) is 101 cm³/mol. The van der Waals surface area contributed by atoms with Gasteiger partial charge in [-0.2, -0.15) is 5.26 Å². The first-order chi connectivity index (χ1) is 11.9. The van der Waals surface area contributed by atoms with Gasteiger partial charge in [0.1, 0.15) is 5.75 Å². The Balaban J connectivity index is 2.13. The summed E-state index contributed by atoms with van der Waals surface area (Å²) in [5.41, 5.74) is 1.78. The summed E-state index contributed by atoms with van der Waals surface area (Å²) in [6.45, 7) is 1.99. The fraction of sp³-hybridized carbons (Fsp3) is 0.222. The van der Waals surface area contributed by atoms with Crippen LogP contribution >= 0.6 is 34.8 Å². The average molecular weight is 398 g/mol. The predicted octanol–water partition coefficient (Wildman–Crippen LogP) is 5.28. The summed E-state index contributed by atoms with van der Waals surface area (Å²) in [6.07, 6.45) is 0.215. The van der Waals surface area contributed by atoms with Gasteiger partial charge in [-0.1, -0.05) is 52.5 Å². The molecule has 0 aliphatic heterocycles. The largest absolute Gasteiger partial charge is 0.482 e. The third-order valence-electron chi connectivity index (χ3n) is 3.42. The van der Waals surface area contributed by atoms with Crippen LogP contribution in [0.4, 0.5) is 5.69 Å². The summed E-state index contributed by atoms with van der Waals surface area (Å²) in [5.74, 6) is -0.0187. The van der Waals surface area contributed by atoms with Crippen LogP contribution < -0.4 is 9.64 Å². The number of benzene rings is 2. The minimum absolute atomic E-state index is 0.215. The van der Waals surface area contributed by atoms with Crippen molar-refractivity contribution in [2.45, 2.75) is 13.3 Å². The molecule has 130 valence electrons. The van der Waals surface area contributed by atoms with Crippen LogP contribution in [0, 0.1) is 18.3 Å². The van der Waals surface area contributed by atoms with Crippen LogP contribution in [0.3, 0.4) is 0 Å². The van der Waals surface area contributed by atoms with Crippen molar-refractivity contribution in [1.29, 1.82) is 5.26 Å². The van der Waals surface area contributed by atoms with Gasteiger partial charge in [-0.3, -0.25) is 4.79 Å². The zero-order valence-corrected chi connectivity index (χ0v) is 15.7. The van der Waals surface area contributed by atoms with Crippen LogP contribution in [0.25, 0.3) is 0 Å². The second-order valence-electron chi connectivity index (χ2n) is 5.27. The van der Waals surface area contributed by atoms with Crippen LogP contribution in [0.5, 0.6) is 5.75 Å². The Morgan fingerprint density at radius 1 is 1.12 bits per heavy atom. The Hall–Kier alpha value is -1.93. The third-order valence-corrected chi connectivity index (χ3v) is 4.44. The molecule has 0 aliphatic rings. The van der Waals surface area contributed by atoms with Crippen molar-refractivity contribution in [3.63, 3.8) is 0 Å². The minimum atomic E-state index is -0.291. The first-order valence-corrected chi connectivity index (χ1v) is 8.57. The van der Waals surface area contributed by atoms with E-state index in [9.17, 15) is 4.79 Å². The molecule has 0 saturated heterocycles. The van der Waals surface area contributed by atoms with Crippen molar-refractivity contribution < 1.29 is 9.53 Å². The first-order valence-electron chi connectivity index (χ1n) is 7.43. The van der Waals surface area contributed by atoms with E-state index in [1.165, 1.54) is 17.0 Å². The second kappa shape index (κ2) is 8.96. The Morgan fingerprint density at radius 2 is 1.76 bits per heavy atom. The number of carbonyl (C=O) groups excluding carboxylic acids is 1. The van der Waals surface area contributed by atoms with E-state index in [0.717, 1.165) is 5.56 Å². The molecule has 0 aliphatic carbocycles. The lowest BCUT2D eigenvalue weighted by Crippen LogP contribution is -2.35. The number of nitriles is 1. The average Bonchev–Trinajstić information content (AvgIpc) is 2.58. The standard InChI is InChI=1S/C18H15Cl3N2O2/c1-12-3-5-13(6-4-12)23(8-2-7-22)18(24)11-25-17-10-15(20)14(19)9-16(17)21/h3-6,9-10H,2,8,11H2,1H3. The van der Waals surface area contributed by atoms with Gasteiger partial charge in [0.2, 0.25) is 0 Å². The fourth-order valence-electron chi connectivity index (χ4n) is 2.12. The van der Waals surface area contributed by atoms with E-state index in [1.807, 2.05) is 37.3 Å². The van der Waals surface area contributed by atoms with E-state index in [0.29, 0.717) is 10.7 Å². The molecule has 0 fully saturated rings. The molecule has 0 atom stereocenters. The lowest BCUT2D eigenvalue weighted by Gasteiger charge is -2.22. The van der Waals surface area contributed by atoms with Crippen molar-refractivity contribution in [3.05, 3.63) is 57.0 Å². The second-order valence-corrected chi connectivity index (χ2v) is 6.50. The highest BCUT2D eigenvalue weighted by molar-refractivity contribution is 6.43. The molecule has 0 unspecified atom stereocenters. The summed E-state index contributed by atoms with van der Waals surface area (Å²) in [6, 6.07) is 12.4. The number of amides is 1. The summed E-state index contributed by atoms with van der Waals surface area (Å²) < 4.78 is 5.49. The van der Waals surface area contributed by atoms with Crippen LogP contribution in [-0.2, 0) is 4.79 Å². The normalized spacial score (nSPS) is 10.2. The van der Waals surface area contributed by atoms with Gasteiger partial charge in [-0.15, -0.1) is 0 Å². The zero-order chi connectivity index (χ0) is 18.4. The zero-order valence-electron chi connectivity index (χ0n) is 13.4. The van der Waals surface area contributed by atoms with Crippen molar-refractivity contribution in [1.82, 2.24) is 0 Å². The summed E-state index contributed by atoms with van der Waals surface area (Å²) in [5, 5.41) is 9.68. The van der Waals surface area contributed by atoms with E-state index < -0.39 is 0 Å². The maximum Gasteiger partial charge on any atom is 0.264 e. The van der Waals surface area contributed by atoms with Gasteiger partial charge < -0.3 is 9.64 Å². The van der Waals surface area contributed by atoms with Crippen LogP contribution in [0.15, 0.2) is 36.4 Å². The van der Waals surface area contributed by atoms with Gasteiger partial charge in [0.15, 0.2) is 6.61 Å². The fourth-order valence-corrected chi connectivity index (χ4v) is 2.71. The molecule has 2 aromatic rings. The number of rotatable bonds is 6. The Bertz CT molecular complexity index is 801. The monoisotopic (exact) mass is 396 g/mol. The maximum absolute atomic E-state index is 12.6. The summed E-state index contributed by atoms with van der Waals surface area (Å²) >= 11 is 17.9. The molecule has 0 heterocycles. The smallest absolute Gasteiger partial charge is 0.264 e. The molecule has 2 rings (SSSR count). The van der Waals surface area contributed by atoms with Crippen molar-refractivity contribution in [2.24, 2.45) is 0 Å². The number of hydrogen-bond acceptors (Lipinski definition) is 3. The van der Waals surface area contributed by atoms with Gasteiger partial charge in [0.25, 0.3) is 5.91 Å². The molecule has 0 radical (unpaired) electrons. The molecule has 25 heavy (non-hydrogen) atoms. The number of aryl methyl sites for hydroxylation is 1. The van der Waals surface area contributed by atoms with E-state index in [2.05, 4.69) is 0 Å². The van der Waals surface area contributed by atoms with Gasteiger partial charge in [-0.05, 0) is 25.1 Å². The van der Waals surface area contributed by atoms with Gasteiger partial charge in [0.05, 0.1) is 27.6 Å². The number of nitrogens with zero attached hydrogens (tertiary/aromatic N) is 2. The van der Waals surface area contributed by atoms with Crippen molar-refractivity contribution in [2.75, 3.05) is 18.1 Å². The topological polar surface area (TPSA) is 53.3 Å². The molecular formula is C18H15Cl3N2O2. The highest BCUT2D eigenvalue weighted by Crippen LogP contribution is 2.33. The van der Waals surface area contributed by atoms with Crippen LogP contribution in [-0.4, -0.2) is 19.1 Å². The number of anilines is 1. The summed E-state index contributed by atoms with van der Waals surface area (Å²) in [4.78, 5) is 14.1. The lowest BCUT2D eigenvalue weighted by molar-refractivity contribution is -0.120. The highest BCUT2D eigenvalue weighted by Gasteiger charge is 2.17. The molecule has 7 heteroatoms. The van der Waals surface area contributed by atoms with Crippen molar-refractivity contribution in [3.8, 4) is 11.8 Å². The lowest BCUT2D eigenvalue weighted by atomic mass is 10.2. The molecule has 0 bridgehead atoms. The summed E-state index contributed by atoms with van der Waals surface area (Å²) in [7, 11) is 0. The van der Waals surface area contributed by atoms with Gasteiger partial charge in [0, 0.05) is 18.3 Å². The number of ether oxygens (including phenoxy) is 1. The number of halogens is 3. The van der Waals surface area contributed by atoms with Crippen LogP contribution in [0.2, 0.25) is 15.1 Å². The molecule has 1 amide bonds. The molecule has 0 aromatic heterocycles. The Morgan fingerprint density at radius 3 is 2.40 bits per heavy atom. The van der Waals surface area contributed by atoms with E-state index in [-0.39, 0.29) is 41.3 Å². The van der Waals surface area contributed by atoms with E-state index in [1.54, 1.807) is 0 Å². The Kier molecular flexibility index (Phi) is 6.95. The SMILES string of the molecule is Cc1ccc(N(CCC#N)C(=O)COc2cc(Cl)c(Cl)cc2Cl)cc1. The van der Waals surface area contributed by atoms with Crippen LogP contribution in [0.1, 0.15) is 12.0 Å². The molecule has 0 saturated carbocycles. The molecular weight excluding hydrogens is 383 g/mol. The number of carbonyl (C=O) groups is 1.